The Balaban J connectivity index is 2.75. The van der Waals surface area contributed by atoms with E-state index in [1.165, 1.54) is 5.56 Å². The zero-order valence-electron chi connectivity index (χ0n) is 7.95. The Kier molecular flexibility index (Phi) is 3.05. The quantitative estimate of drug-likeness (QED) is 0.595. The van der Waals surface area contributed by atoms with Gasteiger partial charge < -0.3 is 5.73 Å². The fraction of sp³-hybridized carbons (Fsp3) is 0.400. The Morgan fingerprint density at radius 1 is 1.31 bits per heavy atom. The molecule has 0 unspecified atom stereocenters. The minimum Gasteiger partial charge on any atom is -0.399 e. The van der Waals surface area contributed by atoms with E-state index in [1.807, 2.05) is 38.1 Å². The van der Waals surface area contributed by atoms with Crippen LogP contribution in [-0.2, 0) is 11.0 Å². The zero-order valence-corrected chi connectivity index (χ0v) is 8.84. The van der Waals surface area contributed by atoms with Gasteiger partial charge in [0.05, 0.1) is 0 Å². The fourth-order valence-corrected chi connectivity index (χ4v) is 1.41. The lowest BCUT2D eigenvalue weighted by Gasteiger charge is -2.14. The van der Waals surface area contributed by atoms with Crippen molar-refractivity contribution in [3.05, 3.63) is 29.8 Å². The van der Waals surface area contributed by atoms with Crippen LogP contribution in [-0.4, -0.2) is 5.16 Å². The van der Waals surface area contributed by atoms with Crippen LogP contribution in [0, 0.1) is 0 Å². The molecule has 2 nitrogen and oxygen atoms in total. The fourth-order valence-electron chi connectivity index (χ4n) is 1.17. The molecule has 3 heteroatoms. The van der Waals surface area contributed by atoms with Crippen molar-refractivity contribution in [3.63, 3.8) is 0 Å². The average molecular weight is 195 g/mol. The highest BCUT2D eigenvalue weighted by Crippen LogP contribution is 2.26. The smallest absolute Gasteiger partial charge is 0.161 e. The third-order valence-corrected chi connectivity index (χ3v) is 2.52. The Morgan fingerprint density at radius 3 is 2.31 bits per heavy atom. The highest BCUT2D eigenvalue weighted by molar-refractivity contribution is 7.25. The van der Waals surface area contributed by atoms with Crippen molar-refractivity contribution in [2.24, 2.45) is 0 Å². The van der Waals surface area contributed by atoms with Gasteiger partial charge in [-0.05, 0) is 38.0 Å². The number of nitrogens with two attached hydrogens (primary N) is 1. The molecular weight excluding hydrogens is 181 g/mol. The molecular formula is C10H14NOP. The molecule has 0 saturated heterocycles. The Bertz CT molecular complexity index is 292. The molecule has 0 bridgehead atoms. The van der Waals surface area contributed by atoms with Crippen LogP contribution >= 0.6 is 8.46 Å². The van der Waals surface area contributed by atoms with Gasteiger partial charge in [-0.2, -0.15) is 0 Å². The van der Waals surface area contributed by atoms with E-state index in [0.29, 0.717) is 0 Å². The van der Waals surface area contributed by atoms with Crippen LogP contribution in [0.3, 0.4) is 0 Å². The highest BCUT2D eigenvalue weighted by atomic mass is 31.1. The lowest BCUT2D eigenvalue weighted by Crippen LogP contribution is -2.14. The monoisotopic (exact) mass is 195 g/mol. The van der Waals surface area contributed by atoms with Crippen LogP contribution in [0.2, 0.25) is 0 Å². The first-order chi connectivity index (χ1) is 6.03. The molecule has 0 aliphatic carbocycles. The minimum atomic E-state index is -0.184. The van der Waals surface area contributed by atoms with Crippen LogP contribution < -0.4 is 5.73 Å². The zero-order chi connectivity index (χ0) is 9.90. The molecule has 0 atom stereocenters. The first-order valence-electron chi connectivity index (χ1n) is 4.22. The van der Waals surface area contributed by atoms with Crippen molar-refractivity contribution in [2.45, 2.75) is 25.4 Å². The Labute approximate surface area is 80.4 Å². The van der Waals surface area contributed by atoms with E-state index in [9.17, 15) is 4.57 Å². The summed E-state index contributed by atoms with van der Waals surface area (Å²) in [7, 11) is 0.185. The standard InChI is InChI=1S/C10H14NOP/c1-10(2,13-12)7-8-3-5-9(11)6-4-8/h3-6H,7,11H2,1-2H3. The molecule has 1 aromatic carbocycles. The second kappa shape index (κ2) is 3.89. The van der Waals surface area contributed by atoms with E-state index >= 15 is 0 Å². The highest BCUT2D eigenvalue weighted by Gasteiger charge is 2.18. The molecule has 1 aromatic rings. The van der Waals surface area contributed by atoms with Gasteiger partial charge >= 0.3 is 0 Å². The number of benzene rings is 1. The van der Waals surface area contributed by atoms with Crippen LogP contribution in [0.15, 0.2) is 24.3 Å². The predicted octanol–water partition coefficient (Wildman–Crippen LogP) is 2.88. The lowest BCUT2D eigenvalue weighted by atomic mass is 10.0. The summed E-state index contributed by atoms with van der Waals surface area (Å²) in [5.74, 6) is 0. The first kappa shape index (κ1) is 10.2. The van der Waals surface area contributed by atoms with Crippen molar-refractivity contribution < 1.29 is 4.57 Å². The normalized spacial score (nSPS) is 11.8. The van der Waals surface area contributed by atoms with Crippen molar-refractivity contribution in [3.8, 4) is 0 Å². The van der Waals surface area contributed by atoms with Gasteiger partial charge in [0.25, 0.3) is 0 Å². The van der Waals surface area contributed by atoms with E-state index < -0.39 is 0 Å². The molecule has 13 heavy (non-hydrogen) atoms. The summed E-state index contributed by atoms with van der Waals surface area (Å²) >= 11 is 0. The second-order valence-electron chi connectivity index (χ2n) is 3.82. The summed E-state index contributed by atoms with van der Waals surface area (Å²) in [6.07, 6.45) is 0.804. The van der Waals surface area contributed by atoms with Gasteiger partial charge in [0.2, 0.25) is 0 Å². The number of hydrogen-bond acceptors (Lipinski definition) is 2. The molecule has 0 saturated carbocycles. The van der Waals surface area contributed by atoms with Crippen LogP contribution in [0.4, 0.5) is 5.69 Å². The van der Waals surface area contributed by atoms with E-state index in [2.05, 4.69) is 0 Å². The molecule has 2 N–H and O–H groups in total. The number of nitrogen functional groups attached to an aromatic ring is 1. The summed E-state index contributed by atoms with van der Waals surface area (Å²) < 4.78 is 10.8. The number of anilines is 1. The summed E-state index contributed by atoms with van der Waals surface area (Å²) in [5, 5.41) is -0.184. The summed E-state index contributed by atoms with van der Waals surface area (Å²) in [6.45, 7) is 3.94. The van der Waals surface area contributed by atoms with Crippen LogP contribution in [0.25, 0.3) is 0 Å². The van der Waals surface area contributed by atoms with Crippen molar-refractivity contribution in [1.82, 2.24) is 0 Å². The summed E-state index contributed by atoms with van der Waals surface area (Å²) in [6, 6.07) is 7.69. The molecule has 0 spiro atoms. The first-order valence-corrected chi connectivity index (χ1v) is 5.04. The molecule has 0 aliphatic heterocycles. The minimum absolute atomic E-state index is 0.184. The lowest BCUT2D eigenvalue weighted by molar-refractivity contribution is 0.568. The van der Waals surface area contributed by atoms with E-state index in [4.69, 9.17) is 5.73 Å². The molecule has 0 radical (unpaired) electrons. The predicted molar refractivity (Wildman–Crippen MR) is 56.2 cm³/mol. The third kappa shape index (κ3) is 3.16. The second-order valence-corrected chi connectivity index (χ2v) is 5.22. The van der Waals surface area contributed by atoms with Gasteiger partial charge in [-0.3, -0.25) is 4.57 Å². The molecule has 1 rings (SSSR count). The summed E-state index contributed by atoms with van der Waals surface area (Å²) in [4.78, 5) is 0. The molecule has 0 aliphatic rings. The third-order valence-electron chi connectivity index (χ3n) is 1.86. The van der Waals surface area contributed by atoms with Gasteiger partial charge in [0.1, 0.15) is 0 Å². The molecule has 0 fully saturated rings. The molecule has 70 valence electrons. The van der Waals surface area contributed by atoms with E-state index in [1.54, 1.807) is 0 Å². The SMILES string of the molecule is CC(C)(Cc1ccc(N)cc1)P=O. The van der Waals surface area contributed by atoms with Gasteiger partial charge in [-0.25, -0.2) is 0 Å². The van der Waals surface area contributed by atoms with E-state index in [-0.39, 0.29) is 13.6 Å². The maximum Gasteiger partial charge on any atom is 0.161 e. The van der Waals surface area contributed by atoms with Crippen LogP contribution in [0.1, 0.15) is 19.4 Å². The largest absolute Gasteiger partial charge is 0.399 e. The van der Waals surface area contributed by atoms with E-state index in [0.717, 1.165) is 12.1 Å². The van der Waals surface area contributed by atoms with Crippen molar-refractivity contribution in [1.29, 1.82) is 0 Å². The number of hydrogen-bond donors (Lipinski definition) is 1. The molecule has 0 amide bonds. The molecule has 0 aromatic heterocycles. The maximum absolute atomic E-state index is 10.8. The van der Waals surface area contributed by atoms with Crippen molar-refractivity contribution in [2.75, 3.05) is 5.73 Å². The van der Waals surface area contributed by atoms with Gasteiger partial charge in [-0.15, -0.1) is 0 Å². The summed E-state index contributed by atoms with van der Waals surface area (Å²) in [5.41, 5.74) is 7.49. The van der Waals surface area contributed by atoms with Crippen molar-refractivity contribution >= 4 is 14.1 Å². The van der Waals surface area contributed by atoms with Gasteiger partial charge in [0, 0.05) is 10.8 Å². The Morgan fingerprint density at radius 2 is 1.85 bits per heavy atom. The average Bonchev–Trinajstić information content (AvgIpc) is 2.09. The number of rotatable bonds is 3. The van der Waals surface area contributed by atoms with Gasteiger partial charge in [-0.1, -0.05) is 12.1 Å². The van der Waals surface area contributed by atoms with Crippen LogP contribution in [0.5, 0.6) is 0 Å². The Hall–Kier alpha value is -0.880. The topological polar surface area (TPSA) is 43.1 Å². The molecule has 0 heterocycles. The maximum atomic E-state index is 10.8. The van der Waals surface area contributed by atoms with Gasteiger partial charge in [0.15, 0.2) is 8.46 Å².